The van der Waals surface area contributed by atoms with Gasteiger partial charge in [0.1, 0.15) is 6.10 Å². The molecule has 0 amide bonds. The van der Waals surface area contributed by atoms with E-state index >= 15 is 0 Å². The van der Waals surface area contributed by atoms with Crippen molar-refractivity contribution >= 4 is 5.97 Å². The zero-order chi connectivity index (χ0) is 22.1. The Balaban J connectivity index is 1.19. The molecular weight excluding hydrogens is 406 g/mol. The molecule has 3 heterocycles. The molecule has 0 N–H and O–H groups in total. The van der Waals surface area contributed by atoms with Crippen LogP contribution in [0.2, 0.25) is 0 Å². The van der Waals surface area contributed by atoms with E-state index < -0.39 is 0 Å². The lowest BCUT2D eigenvalue weighted by molar-refractivity contribution is -0.147. The fraction of sp³-hybridized carbons (Fsp3) is 0.731. The molecule has 3 aliphatic heterocycles. The van der Waals surface area contributed by atoms with Gasteiger partial charge in [0.15, 0.2) is 11.5 Å². The third-order valence-electron chi connectivity index (χ3n) is 9.33. The van der Waals surface area contributed by atoms with E-state index in [-0.39, 0.29) is 29.0 Å². The van der Waals surface area contributed by atoms with Gasteiger partial charge >= 0.3 is 5.97 Å². The summed E-state index contributed by atoms with van der Waals surface area (Å²) in [6.07, 6.45) is 6.81. The molecule has 2 saturated carbocycles. The zero-order valence-electron chi connectivity index (χ0n) is 19.5. The second kappa shape index (κ2) is 7.36. The predicted molar refractivity (Wildman–Crippen MR) is 119 cm³/mol. The first-order valence-corrected chi connectivity index (χ1v) is 12.3. The number of carbonyl (C=O) groups excluding carboxylic acids is 1. The summed E-state index contributed by atoms with van der Waals surface area (Å²) in [5.74, 6) is 2.45. The van der Waals surface area contributed by atoms with Crippen LogP contribution < -0.4 is 9.47 Å². The Morgan fingerprint density at radius 3 is 2.62 bits per heavy atom. The van der Waals surface area contributed by atoms with E-state index in [1.54, 1.807) is 14.2 Å². The third-order valence-corrected chi connectivity index (χ3v) is 9.33. The number of carbonyl (C=O) groups is 1. The molecule has 6 atom stereocenters. The Hall–Kier alpha value is -1.79. The number of esters is 1. The number of methoxy groups -OCH3 is 2. The van der Waals surface area contributed by atoms with Crippen molar-refractivity contribution in [3.8, 4) is 11.5 Å². The SMILES string of the molecule is COc1cc2c(cc1OC)CN(C[C@H]1C(=O)O[C@@H]3C[C@@]4(C)CCC[C@@]5(CO5)[C@H]4C[C@@H]31)CC2. The standard InChI is InChI=1S/C26H35NO5/c1-25-6-4-7-26(15-31-26)23(25)11-18-19(24(28)32-22(18)12-25)14-27-8-5-16-9-20(29-2)21(30-3)10-17(16)13-27/h9-10,18-19,22-23H,4-8,11-15H2,1-3H3/t18-,19-,22-,23+,25-,26-/m1/s1. The highest BCUT2D eigenvalue weighted by molar-refractivity contribution is 5.75. The van der Waals surface area contributed by atoms with Crippen molar-refractivity contribution in [3.05, 3.63) is 23.3 Å². The predicted octanol–water partition coefficient (Wildman–Crippen LogP) is 3.59. The summed E-state index contributed by atoms with van der Waals surface area (Å²) in [6, 6.07) is 4.20. The monoisotopic (exact) mass is 441 g/mol. The topological polar surface area (TPSA) is 60.5 Å². The summed E-state index contributed by atoms with van der Waals surface area (Å²) in [5.41, 5.74) is 2.94. The molecule has 6 rings (SSSR count). The van der Waals surface area contributed by atoms with Crippen molar-refractivity contribution in [3.63, 3.8) is 0 Å². The van der Waals surface area contributed by atoms with Gasteiger partial charge in [0.05, 0.1) is 32.3 Å². The second-order valence-electron chi connectivity index (χ2n) is 11.1. The quantitative estimate of drug-likeness (QED) is 0.526. The number of nitrogens with zero attached hydrogens (tertiary/aromatic N) is 1. The highest BCUT2D eigenvalue weighted by Gasteiger charge is 2.65. The average molecular weight is 442 g/mol. The Labute approximate surface area is 190 Å². The number of epoxide rings is 1. The Morgan fingerprint density at radius 1 is 1.16 bits per heavy atom. The molecule has 6 nitrogen and oxygen atoms in total. The molecule has 6 heteroatoms. The van der Waals surface area contributed by atoms with Gasteiger partial charge in [0.25, 0.3) is 0 Å². The molecule has 0 bridgehead atoms. The molecule has 0 unspecified atom stereocenters. The van der Waals surface area contributed by atoms with Crippen molar-refractivity contribution in [2.45, 2.75) is 63.7 Å². The number of hydrogen-bond acceptors (Lipinski definition) is 6. The Morgan fingerprint density at radius 2 is 1.91 bits per heavy atom. The number of benzene rings is 1. The van der Waals surface area contributed by atoms with Crippen LogP contribution in [0.15, 0.2) is 12.1 Å². The van der Waals surface area contributed by atoms with Crippen LogP contribution in [0.1, 0.15) is 50.2 Å². The van der Waals surface area contributed by atoms with E-state index in [4.69, 9.17) is 18.9 Å². The maximum absolute atomic E-state index is 13.0. The first-order chi connectivity index (χ1) is 15.4. The Bertz CT molecular complexity index is 927. The number of hydrogen-bond donors (Lipinski definition) is 0. The van der Waals surface area contributed by atoms with Gasteiger partial charge in [-0.1, -0.05) is 6.92 Å². The average Bonchev–Trinajstić information content (AvgIpc) is 3.49. The van der Waals surface area contributed by atoms with Gasteiger partial charge in [-0.2, -0.15) is 0 Å². The van der Waals surface area contributed by atoms with Crippen molar-refractivity contribution in [2.24, 2.45) is 23.2 Å². The minimum absolute atomic E-state index is 0.0196. The lowest BCUT2D eigenvalue weighted by atomic mass is 9.53. The molecule has 1 spiro atoms. The molecule has 1 aromatic carbocycles. The van der Waals surface area contributed by atoms with Crippen molar-refractivity contribution in [1.82, 2.24) is 4.90 Å². The fourth-order valence-corrected chi connectivity index (χ4v) is 7.54. The summed E-state index contributed by atoms with van der Waals surface area (Å²) in [4.78, 5) is 15.4. The Kier molecular flexibility index (Phi) is 4.78. The highest BCUT2D eigenvalue weighted by atomic mass is 16.6. The summed E-state index contributed by atoms with van der Waals surface area (Å²) >= 11 is 0. The van der Waals surface area contributed by atoms with E-state index in [0.29, 0.717) is 11.8 Å². The number of rotatable bonds is 4. The number of ether oxygens (including phenoxy) is 4. The minimum atomic E-state index is -0.0241. The molecule has 0 radical (unpaired) electrons. The highest BCUT2D eigenvalue weighted by Crippen LogP contribution is 2.62. The van der Waals surface area contributed by atoms with Gasteiger partial charge in [-0.25, -0.2) is 0 Å². The van der Waals surface area contributed by atoms with Crippen LogP contribution >= 0.6 is 0 Å². The second-order valence-corrected chi connectivity index (χ2v) is 11.1. The lowest BCUT2D eigenvalue weighted by Gasteiger charge is -2.51. The van der Waals surface area contributed by atoms with E-state index in [1.165, 1.54) is 30.4 Å². The van der Waals surface area contributed by atoms with Crippen LogP contribution in [-0.4, -0.2) is 56.5 Å². The van der Waals surface area contributed by atoms with Gasteiger partial charge in [-0.15, -0.1) is 0 Å². The van der Waals surface area contributed by atoms with Crippen molar-refractivity contribution in [1.29, 1.82) is 0 Å². The maximum atomic E-state index is 13.0. The van der Waals surface area contributed by atoms with Gasteiger partial charge in [0.2, 0.25) is 0 Å². The normalized spacial score (nSPS) is 40.3. The van der Waals surface area contributed by atoms with Gasteiger partial charge in [0, 0.05) is 25.6 Å². The van der Waals surface area contributed by atoms with E-state index in [2.05, 4.69) is 24.0 Å². The third kappa shape index (κ3) is 3.17. The minimum Gasteiger partial charge on any atom is -0.493 e. The number of fused-ring (bicyclic) bond motifs is 4. The molecule has 174 valence electrons. The van der Waals surface area contributed by atoms with Crippen molar-refractivity contribution in [2.75, 3.05) is 33.9 Å². The van der Waals surface area contributed by atoms with E-state index in [1.807, 2.05) is 0 Å². The largest absolute Gasteiger partial charge is 0.493 e. The summed E-state index contributed by atoms with van der Waals surface area (Å²) < 4.78 is 23.1. The van der Waals surface area contributed by atoms with Gasteiger partial charge in [-0.05, 0) is 73.1 Å². The van der Waals surface area contributed by atoms with E-state index in [9.17, 15) is 4.79 Å². The van der Waals surface area contributed by atoms with Crippen LogP contribution in [0.25, 0.3) is 0 Å². The van der Waals surface area contributed by atoms with Crippen LogP contribution in [0, 0.1) is 23.2 Å². The van der Waals surface area contributed by atoms with Crippen LogP contribution in [0.3, 0.4) is 0 Å². The summed E-state index contributed by atoms with van der Waals surface area (Å²) in [5, 5.41) is 0. The molecule has 32 heavy (non-hydrogen) atoms. The zero-order valence-corrected chi connectivity index (χ0v) is 19.5. The molecule has 4 fully saturated rings. The molecule has 0 aromatic heterocycles. The van der Waals surface area contributed by atoms with Crippen molar-refractivity contribution < 1.29 is 23.7 Å². The first kappa shape index (κ1) is 20.8. The van der Waals surface area contributed by atoms with Crippen LogP contribution in [0.4, 0.5) is 0 Å². The molecule has 2 saturated heterocycles. The summed E-state index contributed by atoms with van der Waals surface area (Å²) in [7, 11) is 3.36. The van der Waals surface area contributed by atoms with Gasteiger partial charge < -0.3 is 18.9 Å². The molecule has 2 aliphatic carbocycles. The van der Waals surface area contributed by atoms with Crippen LogP contribution in [-0.2, 0) is 27.2 Å². The summed E-state index contributed by atoms with van der Waals surface area (Å²) in [6.45, 7) is 5.91. The van der Waals surface area contributed by atoms with Crippen LogP contribution in [0.5, 0.6) is 11.5 Å². The smallest absolute Gasteiger partial charge is 0.310 e. The molecule has 5 aliphatic rings. The van der Waals surface area contributed by atoms with Gasteiger partial charge in [-0.3, -0.25) is 9.69 Å². The lowest BCUT2D eigenvalue weighted by Crippen LogP contribution is -2.51. The molecular formula is C26H35NO5. The maximum Gasteiger partial charge on any atom is 0.310 e. The fourth-order valence-electron chi connectivity index (χ4n) is 7.54. The first-order valence-electron chi connectivity index (χ1n) is 12.3. The molecule has 1 aromatic rings. The van der Waals surface area contributed by atoms with E-state index in [0.717, 1.165) is 57.0 Å².